The van der Waals surface area contributed by atoms with Crippen molar-refractivity contribution in [1.29, 1.82) is 0 Å². The van der Waals surface area contributed by atoms with Gasteiger partial charge in [0.25, 0.3) is 0 Å². The van der Waals surface area contributed by atoms with Gasteiger partial charge in [-0.25, -0.2) is 0 Å². The molecule has 4 heteroatoms. The minimum absolute atomic E-state index is 0.116. The number of likely N-dealkylation sites (N-methyl/N-ethyl adjacent to an activating group) is 1. The SMILES string of the molecule is COC[C@@H](c1ccccn1)N(C)Cc1ccccc1OC1CCCC1. The predicted octanol–water partition coefficient (Wildman–Crippen LogP) is 4.22. The number of methoxy groups -OCH3 is 1. The molecule has 1 aliphatic rings. The largest absolute Gasteiger partial charge is 0.490 e. The van der Waals surface area contributed by atoms with E-state index in [9.17, 15) is 0 Å². The third kappa shape index (κ3) is 4.80. The van der Waals surface area contributed by atoms with Gasteiger partial charge in [0.05, 0.1) is 24.4 Å². The highest BCUT2D eigenvalue weighted by Crippen LogP contribution is 2.29. The Bertz CT molecular complexity index is 641. The van der Waals surface area contributed by atoms with Crippen molar-refractivity contribution in [1.82, 2.24) is 9.88 Å². The van der Waals surface area contributed by atoms with Crippen LogP contribution in [0.2, 0.25) is 0 Å². The Morgan fingerprint density at radius 3 is 2.60 bits per heavy atom. The molecule has 1 atom stereocenters. The maximum atomic E-state index is 6.28. The molecule has 0 bridgehead atoms. The number of aromatic nitrogens is 1. The molecule has 134 valence electrons. The number of rotatable bonds is 8. The second kappa shape index (κ2) is 8.97. The first-order chi connectivity index (χ1) is 12.3. The van der Waals surface area contributed by atoms with E-state index in [-0.39, 0.29) is 6.04 Å². The van der Waals surface area contributed by atoms with E-state index in [1.54, 1.807) is 7.11 Å². The van der Waals surface area contributed by atoms with Crippen LogP contribution in [0.3, 0.4) is 0 Å². The molecule has 0 aliphatic heterocycles. The van der Waals surface area contributed by atoms with E-state index in [4.69, 9.17) is 9.47 Å². The Labute approximate surface area is 150 Å². The van der Waals surface area contributed by atoms with Crippen LogP contribution in [0.5, 0.6) is 5.75 Å². The van der Waals surface area contributed by atoms with E-state index >= 15 is 0 Å². The summed E-state index contributed by atoms with van der Waals surface area (Å²) in [7, 11) is 3.85. The first kappa shape index (κ1) is 17.9. The smallest absolute Gasteiger partial charge is 0.124 e. The fraction of sp³-hybridized carbons (Fsp3) is 0.476. The second-order valence-corrected chi connectivity index (χ2v) is 6.77. The predicted molar refractivity (Wildman–Crippen MR) is 99.6 cm³/mol. The van der Waals surface area contributed by atoms with Crippen LogP contribution in [0.1, 0.15) is 43.0 Å². The Morgan fingerprint density at radius 1 is 1.12 bits per heavy atom. The van der Waals surface area contributed by atoms with Gasteiger partial charge in [-0.15, -0.1) is 0 Å². The van der Waals surface area contributed by atoms with Crippen LogP contribution in [-0.4, -0.2) is 36.8 Å². The summed E-state index contributed by atoms with van der Waals surface area (Å²) in [6.07, 6.45) is 7.11. The topological polar surface area (TPSA) is 34.6 Å². The zero-order valence-corrected chi connectivity index (χ0v) is 15.2. The van der Waals surface area contributed by atoms with E-state index in [1.165, 1.54) is 31.2 Å². The number of hydrogen-bond donors (Lipinski definition) is 0. The van der Waals surface area contributed by atoms with Gasteiger partial charge in [-0.2, -0.15) is 0 Å². The molecule has 1 fully saturated rings. The molecule has 25 heavy (non-hydrogen) atoms. The average molecular weight is 340 g/mol. The molecular weight excluding hydrogens is 312 g/mol. The summed E-state index contributed by atoms with van der Waals surface area (Å²) < 4.78 is 11.7. The van der Waals surface area contributed by atoms with Gasteiger partial charge in [-0.05, 0) is 50.9 Å². The molecule has 1 saturated carbocycles. The molecule has 0 unspecified atom stereocenters. The van der Waals surface area contributed by atoms with E-state index in [0.717, 1.165) is 18.0 Å². The zero-order valence-electron chi connectivity index (χ0n) is 15.2. The van der Waals surface area contributed by atoms with Crippen LogP contribution in [0.25, 0.3) is 0 Å². The monoisotopic (exact) mass is 340 g/mol. The number of hydrogen-bond acceptors (Lipinski definition) is 4. The van der Waals surface area contributed by atoms with Gasteiger partial charge >= 0.3 is 0 Å². The average Bonchev–Trinajstić information content (AvgIpc) is 3.15. The van der Waals surface area contributed by atoms with Crippen LogP contribution in [0, 0.1) is 0 Å². The lowest BCUT2D eigenvalue weighted by Gasteiger charge is -2.28. The van der Waals surface area contributed by atoms with Crippen LogP contribution < -0.4 is 4.74 Å². The first-order valence-electron chi connectivity index (χ1n) is 9.12. The highest BCUT2D eigenvalue weighted by Gasteiger charge is 2.21. The first-order valence-corrected chi connectivity index (χ1v) is 9.12. The molecule has 1 aliphatic carbocycles. The van der Waals surface area contributed by atoms with Gasteiger partial charge < -0.3 is 9.47 Å². The van der Waals surface area contributed by atoms with Crippen LogP contribution in [-0.2, 0) is 11.3 Å². The Balaban J connectivity index is 1.73. The number of benzene rings is 1. The van der Waals surface area contributed by atoms with Crippen molar-refractivity contribution in [3.8, 4) is 5.75 Å². The highest BCUT2D eigenvalue weighted by molar-refractivity contribution is 5.33. The summed E-state index contributed by atoms with van der Waals surface area (Å²) in [5.74, 6) is 1.01. The molecule has 1 aromatic heterocycles. The van der Waals surface area contributed by atoms with Crippen molar-refractivity contribution >= 4 is 0 Å². The normalized spacial score (nSPS) is 16.3. The van der Waals surface area contributed by atoms with E-state index in [2.05, 4.69) is 47.3 Å². The van der Waals surface area contributed by atoms with Crippen molar-refractivity contribution in [2.45, 2.75) is 44.4 Å². The van der Waals surface area contributed by atoms with E-state index in [1.807, 2.05) is 18.3 Å². The molecule has 0 amide bonds. The standard InChI is InChI=1S/C21H28N2O2/c1-23(20(16-24-2)19-12-7-8-14-22-19)15-17-9-3-6-13-21(17)25-18-10-4-5-11-18/h3,6-9,12-14,18,20H,4-5,10-11,15-16H2,1-2H3/t20-/m0/s1. The van der Waals surface area contributed by atoms with Crippen LogP contribution >= 0.6 is 0 Å². The summed E-state index contributed by atoms with van der Waals surface area (Å²) in [5, 5.41) is 0. The third-order valence-electron chi connectivity index (χ3n) is 4.87. The molecule has 2 aromatic rings. The molecule has 0 spiro atoms. The maximum absolute atomic E-state index is 6.28. The minimum atomic E-state index is 0.116. The molecular formula is C21H28N2O2. The highest BCUT2D eigenvalue weighted by atomic mass is 16.5. The fourth-order valence-corrected chi connectivity index (χ4v) is 3.48. The summed E-state index contributed by atoms with van der Waals surface area (Å²) in [6.45, 7) is 1.41. The lowest BCUT2D eigenvalue weighted by Crippen LogP contribution is -2.28. The molecule has 0 saturated heterocycles. The number of nitrogens with zero attached hydrogens (tertiary/aromatic N) is 2. The number of ether oxygens (including phenoxy) is 2. The third-order valence-corrected chi connectivity index (χ3v) is 4.87. The van der Waals surface area contributed by atoms with Gasteiger partial charge in [-0.1, -0.05) is 24.3 Å². The lowest BCUT2D eigenvalue weighted by atomic mass is 10.1. The molecule has 1 heterocycles. The minimum Gasteiger partial charge on any atom is -0.490 e. The van der Waals surface area contributed by atoms with E-state index in [0.29, 0.717) is 12.7 Å². The molecule has 3 rings (SSSR count). The van der Waals surface area contributed by atoms with Gasteiger partial charge in [0.15, 0.2) is 0 Å². The van der Waals surface area contributed by atoms with Gasteiger partial charge in [-0.3, -0.25) is 9.88 Å². The van der Waals surface area contributed by atoms with Gasteiger partial charge in [0.1, 0.15) is 5.75 Å². The molecule has 4 nitrogen and oxygen atoms in total. The van der Waals surface area contributed by atoms with E-state index < -0.39 is 0 Å². The van der Waals surface area contributed by atoms with Crippen LogP contribution in [0.15, 0.2) is 48.7 Å². The maximum Gasteiger partial charge on any atom is 0.124 e. The fourth-order valence-electron chi connectivity index (χ4n) is 3.48. The Morgan fingerprint density at radius 2 is 1.88 bits per heavy atom. The van der Waals surface area contributed by atoms with Gasteiger partial charge in [0.2, 0.25) is 0 Å². The second-order valence-electron chi connectivity index (χ2n) is 6.77. The zero-order chi connectivity index (χ0) is 17.5. The Hall–Kier alpha value is -1.91. The lowest BCUT2D eigenvalue weighted by molar-refractivity contribution is 0.0987. The van der Waals surface area contributed by atoms with Crippen molar-refractivity contribution < 1.29 is 9.47 Å². The number of para-hydroxylation sites is 1. The van der Waals surface area contributed by atoms with Crippen molar-refractivity contribution in [2.75, 3.05) is 20.8 Å². The quantitative estimate of drug-likeness (QED) is 0.720. The Kier molecular flexibility index (Phi) is 6.42. The molecule has 1 aromatic carbocycles. The summed E-state index contributed by atoms with van der Waals surface area (Å²) in [6, 6.07) is 14.5. The van der Waals surface area contributed by atoms with Crippen LogP contribution in [0.4, 0.5) is 0 Å². The summed E-state index contributed by atoms with van der Waals surface area (Å²) >= 11 is 0. The summed E-state index contributed by atoms with van der Waals surface area (Å²) in [4.78, 5) is 6.79. The summed E-state index contributed by atoms with van der Waals surface area (Å²) in [5.41, 5.74) is 2.25. The van der Waals surface area contributed by atoms with Crippen molar-refractivity contribution in [2.24, 2.45) is 0 Å². The van der Waals surface area contributed by atoms with Crippen molar-refractivity contribution in [3.05, 3.63) is 59.9 Å². The molecule has 0 radical (unpaired) electrons. The molecule has 0 N–H and O–H groups in total. The van der Waals surface area contributed by atoms with Crippen molar-refractivity contribution in [3.63, 3.8) is 0 Å². The van der Waals surface area contributed by atoms with Gasteiger partial charge in [0, 0.05) is 25.4 Å². The number of pyridine rings is 1.